The van der Waals surface area contributed by atoms with Gasteiger partial charge in [0.15, 0.2) is 5.13 Å². The van der Waals surface area contributed by atoms with E-state index >= 15 is 0 Å². The lowest BCUT2D eigenvalue weighted by molar-refractivity contribution is 0.949. The van der Waals surface area contributed by atoms with Crippen LogP contribution in [0.15, 0.2) is 35.7 Å². The SMILES string of the molecule is Br.c1ccc(-c2csc(N3CCCC3)n2)cc1. The minimum atomic E-state index is 0. The average molecular weight is 311 g/mol. The van der Waals surface area contributed by atoms with Gasteiger partial charge in [-0.15, -0.1) is 28.3 Å². The van der Waals surface area contributed by atoms with Crippen LogP contribution in [0.2, 0.25) is 0 Å². The standard InChI is InChI=1S/C13H14N2S.BrH/c1-2-6-11(7-3-1)12-10-16-13(14-12)15-8-4-5-9-15;/h1-3,6-7,10H,4-5,8-9H2;1H. The Morgan fingerprint density at radius 2 is 1.76 bits per heavy atom. The Labute approximate surface area is 116 Å². The number of nitrogens with zero attached hydrogens (tertiary/aromatic N) is 2. The van der Waals surface area contributed by atoms with Gasteiger partial charge < -0.3 is 4.90 Å². The smallest absolute Gasteiger partial charge is 0.185 e. The highest BCUT2D eigenvalue weighted by molar-refractivity contribution is 8.93. The number of rotatable bonds is 2. The van der Waals surface area contributed by atoms with Gasteiger partial charge in [-0.1, -0.05) is 30.3 Å². The van der Waals surface area contributed by atoms with Gasteiger partial charge in [0.25, 0.3) is 0 Å². The number of benzene rings is 1. The summed E-state index contributed by atoms with van der Waals surface area (Å²) >= 11 is 1.76. The number of halogens is 1. The van der Waals surface area contributed by atoms with E-state index in [0.29, 0.717) is 0 Å². The second kappa shape index (κ2) is 5.65. The van der Waals surface area contributed by atoms with Crippen LogP contribution in [0.3, 0.4) is 0 Å². The molecular formula is C13H15BrN2S. The molecule has 0 atom stereocenters. The van der Waals surface area contributed by atoms with Crippen molar-refractivity contribution in [2.45, 2.75) is 12.8 Å². The predicted octanol–water partition coefficient (Wildman–Crippen LogP) is 3.99. The van der Waals surface area contributed by atoms with E-state index in [0.717, 1.165) is 5.69 Å². The molecule has 0 N–H and O–H groups in total. The van der Waals surface area contributed by atoms with Crippen molar-refractivity contribution in [1.82, 2.24) is 4.98 Å². The zero-order valence-electron chi connectivity index (χ0n) is 9.50. The Morgan fingerprint density at radius 3 is 2.47 bits per heavy atom. The molecule has 1 fully saturated rings. The number of aromatic nitrogens is 1. The Hall–Kier alpha value is -0.870. The van der Waals surface area contributed by atoms with E-state index in [2.05, 4.69) is 34.5 Å². The van der Waals surface area contributed by atoms with Gasteiger partial charge in [0.1, 0.15) is 0 Å². The largest absolute Gasteiger partial charge is 0.348 e. The average Bonchev–Trinajstić information content (AvgIpc) is 3.01. The maximum absolute atomic E-state index is 4.71. The molecule has 1 aliphatic rings. The predicted molar refractivity (Wildman–Crippen MR) is 79.3 cm³/mol. The van der Waals surface area contributed by atoms with Crippen LogP contribution in [0.1, 0.15) is 12.8 Å². The molecule has 2 heterocycles. The molecule has 0 radical (unpaired) electrons. The molecule has 3 rings (SSSR count). The summed E-state index contributed by atoms with van der Waals surface area (Å²) in [6.45, 7) is 2.34. The maximum Gasteiger partial charge on any atom is 0.185 e. The molecule has 4 heteroatoms. The molecule has 90 valence electrons. The minimum Gasteiger partial charge on any atom is -0.348 e. The molecule has 0 aliphatic carbocycles. The van der Waals surface area contributed by atoms with Crippen LogP contribution >= 0.6 is 28.3 Å². The van der Waals surface area contributed by atoms with Gasteiger partial charge in [-0.25, -0.2) is 4.98 Å². The molecule has 0 spiro atoms. The first-order valence-electron chi connectivity index (χ1n) is 5.69. The monoisotopic (exact) mass is 310 g/mol. The molecular weight excluding hydrogens is 296 g/mol. The van der Waals surface area contributed by atoms with Crippen molar-refractivity contribution >= 4 is 33.4 Å². The second-order valence-corrected chi connectivity index (χ2v) is 4.91. The first-order chi connectivity index (χ1) is 7.93. The first-order valence-corrected chi connectivity index (χ1v) is 6.57. The highest BCUT2D eigenvalue weighted by Gasteiger charge is 2.15. The van der Waals surface area contributed by atoms with Crippen LogP contribution in [0.5, 0.6) is 0 Å². The molecule has 1 saturated heterocycles. The number of hydrogen-bond donors (Lipinski definition) is 0. The topological polar surface area (TPSA) is 16.1 Å². The maximum atomic E-state index is 4.71. The fourth-order valence-electron chi connectivity index (χ4n) is 2.06. The van der Waals surface area contributed by atoms with Crippen LogP contribution in [0.25, 0.3) is 11.3 Å². The van der Waals surface area contributed by atoms with Crippen LogP contribution in [0.4, 0.5) is 5.13 Å². The van der Waals surface area contributed by atoms with E-state index in [1.807, 2.05) is 6.07 Å². The summed E-state index contributed by atoms with van der Waals surface area (Å²) in [6, 6.07) is 10.4. The van der Waals surface area contributed by atoms with Crippen molar-refractivity contribution in [2.75, 3.05) is 18.0 Å². The fourth-order valence-corrected chi connectivity index (χ4v) is 2.95. The molecule has 1 aliphatic heterocycles. The molecule has 2 nitrogen and oxygen atoms in total. The molecule has 2 aromatic rings. The molecule has 0 unspecified atom stereocenters. The van der Waals surface area contributed by atoms with Crippen molar-refractivity contribution in [3.8, 4) is 11.3 Å². The molecule has 1 aromatic heterocycles. The Balaban J connectivity index is 0.00000108. The van der Waals surface area contributed by atoms with Crippen molar-refractivity contribution in [2.24, 2.45) is 0 Å². The second-order valence-electron chi connectivity index (χ2n) is 4.08. The van der Waals surface area contributed by atoms with E-state index in [9.17, 15) is 0 Å². The fraction of sp³-hybridized carbons (Fsp3) is 0.308. The van der Waals surface area contributed by atoms with Gasteiger partial charge in [0.2, 0.25) is 0 Å². The highest BCUT2D eigenvalue weighted by atomic mass is 79.9. The number of anilines is 1. The third-order valence-corrected chi connectivity index (χ3v) is 3.84. The van der Waals surface area contributed by atoms with Gasteiger partial charge in [0.05, 0.1) is 5.69 Å². The summed E-state index contributed by atoms with van der Waals surface area (Å²) in [7, 11) is 0. The van der Waals surface area contributed by atoms with Gasteiger partial charge >= 0.3 is 0 Å². The van der Waals surface area contributed by atoms with Crippen LogP contribution in [0, 0.1) is 0 Å². The Bertz CT molecular complexity index is 463. The van der Waals surface area contributed by atoms with E-state index in [1.54, 1.807) is 11.3 Å². The van der Waals surface area contributed by atoms with Crippen molar-refractivity contribution < 1.29 is 0 Å². The zero-order valence-corrected chi connectivity index (χ0v) is 12.0. The van der Waals surface area contributed by atoms with Gasteiger partial charge in [0, 0.05) is 24.0 Å². The van der Waals surface area contributed by atoms with E-state index < -0.39 is 0 Å². The molecule has 0 amide bonds. The van der Waals surface area contributed by atoms with E-state index in [-0.39, 0.29) is 17.0 Å². The lowest BCUT2D eigenvalue weighted by Gasteiger charge is -2.12. The van der Waals surface area contributed by atoms with E-state index in [1.165, 1.54) is 36.6 Å². The van der Waals surface area contributed by atoms with Gasteiger partial charge in [-0.2, -0.15) is 0 Å². The van der Waals surface area contributed by atoms with Gasteiger partial charge in [-0.05, 0) is 12.8 Å². The van der Waals surface area contributed by atoms with Crippen molar-refractivity contribution in [3.63, 3.8) is 0 Å². The van der Waals surface area contributed by atoms with Crippen LogP contribution in [-0.2, 0) is 0 Å². The number of thiazole rings is 1. The zero-order chi connectivity index (χ0) is 10.8. The normalized spacial score (nSPS) is 14.7. The molecule has 0 saturated carbocycles. The van der Waals surface area contributed by atoms with Gasteiger partial charge in [-0.3, -0.25) is 0 Å². The summed E-state index contributed by atoms with van der Waals surface area (Å²) in [5.74, 6) is 0. The van der Waals surface area contributed by atoms with Crippen LogP contribution < -0.4 is 4.90 Å². The van der Waals surface area contributed by atoms with Crippen molar-refractivity contribution in [3.05, 3.63) is 35.7 Å². The van der Waals surface area contributed by atoms with E-state index in [4.69, 9.17) is 4.98 Å². The quantitative estimate of drug-likeness (QED) is 0.834. The molecule has 0 bridgehead atoms. The summed E-state index contributed by atoms with van der Waals surface area (Å²) in [5, 5.41) is 3.33. The Morgan fingerprint density at radius 1 is 1.06 bits per heavy atom. The summed E-state index contributed by atoms with van der Waals surface area (Å²) < 4.78 is 0. The molecule has 1 aromatic carbocycles. The summed E-state index contributed by atoms with van der Waals surface area (Å²) in [5.41, 5.74) is 2.32. The molecule has 17 heavy (non-hydrogen) atoms. The van der Waals surface area contributed by atoms with Crippen molar-refractivity contribution in [1.29, 1.82) is 0 Å². The Kier molecular flexibility index (Phi) is 4.18. The first kappa shape index (κ1) is 12.6. The highest BCUT2D eigenvalue weighted by Crippen LogP contribution is 2.29. The third kappa shape index (κ3) is 2.69. The number of hydrogen-bond acceptors (Lipinski definition) is 3. The lowest BCUT2D eigenvalue weighted by Crippen LogP contribution is -2.17. The lowest BCUT2D eigenvalue weighted by atomic mass is 10.2. The summed E-state index contributed by atoms with van der Waals surface area (Å²) in [6.07, 6.45) is 2.61. The third-order valence-electron chi connectivity index (χ3n) is 2.94. The minimum absolute atomic E-state index is 0. The van der Waals surface area contributed by atoms with Crippen LogP contribution in [-0.4, -0.2) is 18.1 Å². The summed E-state index contributed by atoms with van der Waals surface area (Å²) in [4.78, 5) is 7.09.